The van der Waals surface area contributed by atoms with Crippen LogP contribution in [0.1, 0.15) is 40.5 Å². The third-order valence-corrected chi connectivity index (χ3v) is 4.22. The lowest BCUT2D eigenvalue weighted by molar-refractivity contribution is 0.0961. The zero-order valence-electron chi connectivity index (χ0n) is 14.8. The molecule has 0 spiro atoms. The Morgan fingerprint density at radius 2 is 1.70 bits per heavy atom. The van der Waals surface area contributed by atoms with Gasteiger partial charge in [-0.3, -0.25) is 4.79 Å². The Labute approximate surface area is 164 Å². The van der Waals surface area contributed by atoms with Crippen molar-refractivity contribution in [3.8, 4) is 0 Å². The highest BCUT2D eigenvalue weighted by atomic mass is 35.5. The van der Waals surface area contributed by atoms with Gasteiger partial charge in [-0.2, -0.15) is 0 Å². The van der Waals surface area contributed by atoms with Crippen LogP contribution in [0.4, 0.5) is 10.2 Å². The van der Waals surface area contributed by atoms with E-state index >= 15 is 0 Å². The van der Waals surface area contributed by atoms with Crippen LogP contribution in [-0.2, 0) is 0 Å². The second kappa shape index (κ2) is 9.26. The van der Waals surface area contributed by atoms with Crippen LogP contribution in [-0.4, -0.2) is 10.8 Å². The quantitative estimate of drug-likeness (QED) is 0.603. The second-order valence-corrected chi connectivity index (χ2v) is 6.10. The molecule has 4 nitrogen and oxygen atoms in total. The monoisotopic (exact) mass is 385 g/mol. The van der Waals surface area contributed by atoms with Crippen molar-refractivity contribution in [2.75, 3.05) is 5.32 Å². The minimum Gasteiger partial charge on any atom is -0.364 e. The molecule has 27 heavy (non-hydrogen) atoms. The Bertz CT molecular complexity index is 887. The third-order valence-electron chi connectivity index (χ3n) is 4.22. The van der Waals surface area contributed by atoms with E-state index in [1.165, 1.54) is 24.3 Å². The Kier molecular flexibility index (Phi) is 7.05. The van der Waals surface area contributed by atoms with Crippen LogP contribution in [0.2, 0.25) is 0 Å². The number of Topliss-reactive ketones (excluding diaryl/α,β-unsaturated/α-hetero) is 1. The molecule has 1 heterocycles. The van der Waals surface area contributed by atoms with E-state index in [1.807, 2.05) is 37.3 Å². The minimum absolute atomic E-state index is 0. The van der Waals surface area contributed by atoms with E-state index in [2.05, 4.69) is 10.3 Å². The summed E-state index contributed by atoms with van der Waals surface area (Å²) in [6.07, 6.45) is 1.62. The van der Waals surface area contributed by atoms with Gasteiger partial charge in [0.2, 0.25) is 0 Å². The first-order valence-electron chi connectivity index (χ1n) is 8.37. The molecule has 0 fully saturated rings. The molecule has 0 saturated carbocycles. The molecule has 0 amide bonds. The van der Waals surface area contributed by atoms with Gasteiger partial charge in [-0.1, -0.05) is 30.3 Å². The number of halogens is 2. The molecule has 1 aromatic heterocycles. The van der Waals surface area contributed by atoms with E-state index in [0.717, 1.165) is 5.56 Å². The fraction of sp³-hybridized carbons (Fsp3) is 0.143. The number of benzene rings is 2. The molecule has 0 aliphatic carbocycles. The van der Waals surface area contributed by atoms with Crippen molar-refractivity contribution in [2.24, 2.45) is 5.73 Å². The predicted octanol–water partition coefficient (Wildman–Crippen LogP) is 4.70. The molecule has 6 heteroatoms. The number of hydrogen-bond acceptors (Lipinski definition) is 4. The zero-order chi connectivity index (χ0) is 18.5. The van der Waals surface area contributed by atoms with Gasteiger partial charge in [0.05, 0.1) is 6.04 Å². The van der Waals surface area contributed by atoms with Crippen LogP contribution in [0.15, 0.2) is 72.9 Å². The van der Waals surface area contributed by atoms with Crippen LogP contribution < -0.4 is 11.1 Å². The SMILES string of the molecule is CC(Nc1cc(C(N)C(=O)c2ccc(F)cc2)ccn1)c1ccccc1.Cl. The predicted molar refractivity (Wildman–Crippen MR) is 108 cm³/mol. The normalized spacial score (nSPS) is 12.6. The Hall–Kier alpha value is -2.76. The standard InChI is InChI=1S/C21H20FN3O.ClH/c1-14(15-5-3-2-4-6-15)25-19-13-17(11-12-24-19)20(23)21(26)16-7-9-18(22)10-8-16;/h2-14,20H,23H2,1H3,(H,24,25);1H. The van der Waals surface area contributed by atoms with E-state index in [-0.39, 0.29) is 30.0 Å². The summed E-state index contributed by atoms with van der Waals surface area (Å²) in [5.74, 6) is -0.0140. The van der Waals surface area contributed by atoms with Gasteiger partial charge in [-0.05, 0) is 54.4 Å². The number of hydrogen-bond donors (Lipinski definition) is 2. The van der Waals surface area contributed by atoms with Crippen molar-refractivity contribution < 1.29 is 9.18 Å². The van der Waals surface area contributed by atoms with Gasteiger partial charge in [0.15, 0.2) is 5.78 Å². The molecule has 2 atom stereocenters. The molecule has 3 rings (SSSR count). The van der Waals surface area contributed by atoms with Crippen LogP contribution in [0.25, 0.3) is 0 Å². The van der Waals surface area contributed by atoms with Crippen molar-refractivity contribution >= 4 is 24.0 Å². The van der Waals surface area contributed by atoms with Gasteiger partial charge < -0.3 is 11.1 Å². The maximum absolute atomic E-state index is 13.0. The Morgan fingerprint density at radius 1 is 1.04 bits per heavy atom. The van der Waals surface area contributed by atoms with Gasteiger partial charge in [0.25, 0.3) is 0 Å². The van der Waals surface area contributed by atoms with Crippen molar-refractivity contribution in [1.82, 2.24) is 4.98 Å². The smallest absolute Gasteiger partial charge is 0.184 e. The summed E-state index contributed by atoms with van der Waals surface area (Å²) in [6, 6.07) is 18.1. The number of nitrogens with zero attached hydrogens (tertiary/aromatic N) is 1. The Balaban J connectivity index is 0.00000261. The number of carbonyl (C=O) groups is 1. The summed E-state index contributed by atoms with van der Waals surface area (Å²) >= 11 is 0. The minimum atomic E-state index is -0.837. The molecule has 2 aromatic carbocycles. The van der Waals surface area contributed by atoms with Gasteiger partial charge >= 0.3 is 0 Å². The number of aromatic nitrogens is 1. The summed E-state index contributed by atoms with van der Waals surface area (Å²) in [6.45, 7) is 2.04. The van der Waals surface area contributed by atoms with E-state index in [9.17, 15) is 9.18 Å². The first-order valence-corrected chi connectivity index (χ1v) is 8.37. The number of ketones is 1. The van der Waals surface area contributed by atoms with E-state index < -0.39 is 6.04 Å². The van der Waals surface area contributed by atoms with Gasteiger partial charge in [-0.25, -0.2) is 9.37 Å². The number of carbonyl (C=O) groups excluding carboxylic acids is 1. The van der Waals surface area contributed by atoms with E-state index in [1.54, 1.807) is 18.3 Å². The molecular formula is C21H21ClFN3O. The first kappa shape index (κ1) is 20.6. The summed E-state index contributed by atoms with van der Waals surface area (Å²) in [7, 11) is 0. The lowest BCUT2D eigenvalue weighted by atomic mass is 9.99. The number of anilines is 1. The van der Waals surface area contributed by atoms with Crippen LogP contribution in [0.3, 0.4) is 0 Å². The van der Waals surface area contributed by atoms with Crippen LogP contribution in [0, 0.1) is 5.82 Å². The number of nitrogens with two attached hydrogens (primary N) is 1. The third kappa shape index (κ3) is 5.12. The highest BCUT2D eigenvalue weighted by Gasteiger charge is 2.18. The molecule has 0 bridgehead atoms. The fourth-order valence-corrected chi connectivity index (χ4v) is 2.71. The molecular weight excluding hydrogens is 365 g/mol. The summed E-state index contributed by atoms with van der Waals surface area (Å²) in [5, 5.41) is 3.31. The molecule has 3 aromatic rings. The summed E-state index contributed by atoms with van der Waals surface area (Å²) in [4.78, 5) is 16.8. The van der Waals surface area contributed by atoms with Gasteiger partial charge in [0, 0.05) is 17.8 Å². The molecule has 3 N–H and O–H groups in total. The molecule has 0 aliphatic heterocycles. The zero-order valence-corrected chi connectivity index (χ0v) is 15.6. The van der Waals surface area contributed by atoms with Gasteiger partial charge in [-0.15, -0.1) is 12.4 Å². The van der Waals surface area contributed by atoms with Crippen molar-refractivity contribution in [1.29, 1.82) is 0 Å². The van der Waals surface area contributed by atoms with Crippen molar-refractivity contribution in [3.05, 3.63) is 95.4 Å². The maximum Gasteiger partial charge on any atom is 0.184 e. The molecule has 0 saturated heterocycles. The first-order chi connectivity index (χ1) is 12.5. The summed E-state index contributed by atoms with van der Waals surface area (Å²) in [5.41, 5.74) is 8.28. The van der Waals surface area contributed by atoms with E-state index in [0.29, 0.717) is 16.9 Å². The molecule has 0 aliphatic rings. The fourth-order valence-electron chi connectivity index (χ4n) is 2.71. The number of rotatable bonds is 6. The molecule has 140 valence electrons. The highest BCUT2D eigenvalue weighted by molar-refractivity contribution is 6.00. The highest BCUT2D eigenvalue weighted by Crippen LogP contribution is 2.22. The molecule has 0 radical (unpaired) electrons. The van der Waals surface area contributed by atoms with Crippen LogP contribution in [0.5, 0.6) is 0 Å². The molecule has 2 unspecified atom stereocenters. The van der Waals surface area contributed by atoms with Crippen molar-refractivity contribution in [3.63, 3.8) is 0 Å². The largest absolute Gasteiger partial charge is 0.364 e. The lowest BCUT2D eigenvalue weighted by Gasteiger charge is -2.17. The van der Waals surface area contributed by atoms with Gasteiger partial charge in [0.1, 0.15) is 11.6 Å². The Morgan fingerprint density at radius 3 is 2.37 bits per heavy atom. The lowest BCUT2D eigenvalue weighted by Crippen LogP contribution is -2.22. The van der Waals surface area contributed by atoms with E-state index in [4.69, 9.17) is 5.73 Å². The number of nitrogens with one attached hydrogen (secondary N) is 1. The topological polar surface area (TPSA) is 68.0 Å². The summed E-state index contributed by atoms with van der Waals surface area (Å²) < 4.78 is 13.0. The average Bonchev–Trinajstić information content (AvgIpc) is 2.68. The number of pyridine rings is 1. The van der Waals surface area contributed by atoms with Crippen molar-refractivity contribution in [2.45, 2.75) is 19.0 Å². The second-order valence-electron chi connectivity index (χ2n) is 6.10. The average molecular weight is 386 g/mol. The van der Waals surface area contributed by atoms with Crippen LogP contribution >= 0.6 is 12.4 Å². The maximum atomic E-state index is 13.0.